The predicted molar refractivity (Wildman–Crippen MR) is 65.2 cm³/mol. The number of fused-ring (bicyclic) bond motifs is 1. The Morgan fingerprint density at radius 1 is 1.31 bits per heavy atom. The average Bonchev–Trinajstić information content (AvgIpc) is 2.60. The van der Waals surface area contributed by atoms with Gasteiger partial charge >= 0.3 is 0 Å². The zero-order valence-corrected chi connectivity index (χ0v) is 10.0. The van der Waals surface area contributed by atoms with Crippen LogP contribution in [0.5, 0.6) is 0 Å². The molecule has 1 aromatic heterocycles. The number of hydrogen-bond donors (Lipinski definition) is 1. The fraction of sp³-hybridized carbons (Fsp3) is 0.462. The highest BCUT2D eigenvalue weighted by Crippen LogP contribution is 2.24. The highest BCUT2D eigenvalue weighted by Gasteiger charge is 2.11. The van der Waals surface area contributed by atoms with Crippen molar-refractivity contribution in [3.63, 3.8) is 0 Å². The van der Waals surface area contributed by atoms with Crippen LogP contribution in [0.3, 0.4) is 0 Å². The largest absolute Gasteiger partial charge is 0.356 e. The van der Waals surface area contributed by atoms with Crippen LogP contribution in [0, 0.1) is 5.92 Å². The van der Waals surface area contributed by atoms with Crippen LogP contribution in [0.4, 0.5) is 0 Å². The first kappa shape index (κ1) is 11.1. The van der Waals surface area contributed by atoms with Gasteiger partial charge in [-0.2, -0.15) is 0 Å². The van der Waals surface area contributed by atoms with E-state index in [1.807, 2.05) is 19.1 Å². The van der Waals surface area contributed by atoms with E-state index in [2.05, 4.69) is 25.1 Å². The van der Waals surface area contributed by atoms with Gasteiger partial charge < -0.3 is 10.3 Å². The van der Waals surface area contributed by atoms with Gasteiger partial charge in [0.25, 0.3) is 0 Å². The summed E-state index contributed by atoms with van der Waals surface area (Å²) in [6, 6.07) is 6.09. The van der Waals surface area contributed by atoms with Gasteiger partial charge in [-0.1, -0.05) is 25.1 Å². The van der Waals surface area contributed by atoms with Crippen molar-refractivity contribution in [1.82, 2.24) is 5.16 Å². The SMILES string of the molecule is CC(C)Cc1noc2ccc(C(C)N)cc12. The topological polar surface area (TPSA) is 52.0 Å². The number of aromatic nitrogens is 1. The van der Waals surface area contributed by atoms with Crippen molar-refractivity contribution < 1.29 is 4.52 Å². The Morgan fingerprint density at radius 2 is 2.06 bits per heavy atom. The van der Waals surface area contributed by atoms with E-state index in [4.69, 9.17) is 10.3 Å². The molecule has 0 radical (unpaired) electrons. The second-order valence-electron chi connectivity index (χ2n) is 4.77. The quantitative estimate of drug-likeness (QED) is 0.861. The maximum absolute atomic E-state index is 5.87. The molecular formula is C13H18N2O. The predicted octanol–water partition coefficient (Wildman–Crippen LogP) is 3.05. The van der Waals surface area contributed by atoms with Crippen molar-refractivity contribution in [3.8, 4) is 0 Å². The first-order valence-electron chi connectivity index (χ1n) is 5.71. The maximum atomic E-state index is 5.87. The van der Waals surface area contributed by atoms with E-state index in [-0.39, 0.29) is 6.04 Å². The fourth-order valence-electron chi connectivity index (χ4n) is 1.82. The Balaban J connectivity index is 2.47. The van der Waals surface area contributed by atoms with Gasteiger partial charge in [0.1, 0.15) is 0 Å². The summed E-state index contributed by atoms with van der Waals surface area (Å²) >= 11 is 0. The van der Waals surface area contributed by atoms with Gasteiger partial charge in [-0.15, -0.1) is 0 Å². The molecule has 1 heterocycles. The van der Waals surface area contributed by atoms with E-state index in [0.29, 0.717) is 5.92 Å². The van der Waals surface area contributed by atoms with Crippen molar-refractivity contribution in [2.75, 3.05) is 0 Å². The number of rotatable bonds is 3. The Hall–Kier alpha value is -1.35. The van der Waals surface area contributed by atoms with Crippen LogP contribution in [0.2, 0.25) is 0 Å². The van der Waals surface area contributed by atoms with Gasteiger partial charge in [0.2, 0.25) is 0 Å². The normalized spacial score (nSPS) is 13.6. The summed E-state index contributed by atoms with van der Waals surface area (Å²) in [5.74, 6) is 0.576. The van der Waals surface area contributed by atoms with Gasteiger partial charge in [-0.25, -0.2) is 0 Å². The van der Waals surface area contributed by atoms with Gasteiger partial charge in [-0.3, -0.25) is 0 Å². The molecule has 0 aliphatic heterocycles. The molecule has 2 N–H and O–H groups in total. The van der Waals surface area contributed by atoms with Gasteiger partial charge in [0.15, 0.2) is 5.58 Å². The van der Waals surface area contributed by atoms with Crippen LogP contribution in [0.15, 0.2) is 22.7 Å². The number of nitrogens with zero attached hydrogens (tertiary/aromatic N) is 1. The fourth-order valence-corrected chi connectivity index (χ4v) is 1.82. The molecule has 0 saturated carbocycles. The Kier molecular flexibility index (Phi) is 2.97. The van der Waals surface area contributed by atoms with Gasteiger partial charge in [-0.05, 0) is 37.0 Å². The van der Waals surface area contributed by atoms with Crippen LogP contribution >= 0.6 is 0 Å². The molecular weight excluding hydrogens is 200 g/mol. The summed E-state index contributed by atoms with van der Waals surface area (Å²) in [5.41, 5.74) is 8.88. The molecule has 3 nitrogen and oxygen atoms in total. The summed E-state index contributed by atoms with van der Waals surface area (Å²) in [6.45, 7) is 6.34. The minimum atomic E-state index is 0.0474. The molecule has 0 spiro atoms. The minimum absolute atomic E-state index is 0.0474. The third-order valence-corrected chi connectivity index (χ3v) is 2.70. The lowest BCUT2D eigenvalue weighted by Crippen LogP contribution is -2.04. The smallest absolute Gasteiger partial charge is 0.167 e. The lowest BCUT2D eigenvalue weighted by Gasteiger charge is -2.05. The first-order valence-corrected chi connectivity index (χ1v) is 5.71. The molecule has 2 aromatic rings. The summed E-state index contributed by atoms with van der Waals surface area (Å²) in [7, 11) is 0. The van der Waals surface area contributed by atoms with E-state index < -0.39 is 0 Å². The third kappa shape index (κ3) is 2.09. The molecule has 1 unspecified atom stereocenters. The molecule has 0 aliphatic rings. The summed E-state index contributed by atoms with van der Waals surface area (Å²) in [5, 5.41) is 5.22. The highest BCUT2D eigenvalue weighted by molar-refractivity contribution is 5.80. The third-order valence-electron chi connectivity index (χ3n) is 2.70. The van der Waals surface area contributed by atoms with E-state index in [1.54, 1.807) is 0 Å². The summed E-state index contributed by atoms with van der Waals surface area (Å²) in [4.78, 5) is 0. The molecule has 1 aromatic carbocycles. The minimum Gasteiger partial charge on any atom is -0.356 e. The van der Waals surface area contributed by atoms with E-state index in [1.165, 1.54) is 0 Å². The second-order valence-corrected chi connectivity index (χ2v) is 4.77. The molecule has 16 heavy (non-hydrogen) atoms. The lowest BCUT2D eigenvalue weighted by atomic mass is 10.0. The van der Waals surface area contributed by atoms with Gasteiger partial charge in [0, 0.05) is 11.4 Å². The zero-order valence-electron chi connectivity index (χ0n) is 10.0. The summed E-state index contributed by atoms with van der Waals surface area (Å²) < 4.78 is 5.29. The summed E-state index contributed by atoms with van der Waals surface area (Å²) in [6.07, 6.45) is 0.940. The van der Waals surface area contributed by atoms with Gasteiger partial charge in [0.05, 0.1) is 5.69 Å². The average molecular weight is 218 g/mol. The van der Waals surface area contributed by atoms with Crippen LogP contribution in [-0.4, -0.2) is 5.16 Å². The molecule has 0 aliphatic carbocycles. The first-order chi connectivity index (χ1) is 7.58. The van der Waals surface area contributed by atoms with Crippen LogP contribution in [0.1, 0.15) is 38.1 Å². The molecule has 1 atom stereocenters. The van der Waals surface area contributed by atoms with Crippen molar-refractivity contribution in [1.29, 1.82) is 0 Å². The van der Waals surface area contributed by atoms with Crippen LogP contribution < -0.4 is 5.73 Å². The molecule has 86 valence electrons. The van der Waals surface area contributed by atoms with Crippen molar-refractivity contribution in [2.24, 2.45) is 11.7 Å². The molecule has 0 fully saturated rings. The molecule has 0 amide bonds. The molecule has 0 saturated heterocycles. The maximum Gasteiger partial charge on any atom is 0.167 e. The zero-order chi connectivity index (χ0) is 11.7. The molecule has 0 bridgehead atoms. The second kappa shape index (κ2) is 4.26. The number of nitrogens with two attached hydrogens (primary N) is 1. The molecule has 3 heteroatoms. The van der Waals surface area contributed by atoms with Crippen LogP contribution in [0.25, 0.3) is 11.0 Å². The van der Waals surface area contributed by atoms with E-state index >= 15 is 0 Å². The number of benzene rings is 1. The highest BCUT2D eigenvalue weighted by atomic mass is 16.5. The Labute approximate surface area is 95.6 Å². The van der Waals surface area contributed by atoms with Crippen molar-refractivity contribution in [2.45, 2.75) is 33.2 Å². The number of hydrogen-bond acceptors (Lipinski definition) is 3. The Morgan fingerprint density at radius 3 is 2.69 bits per heavy atom. The molecule has 2 rings (SSSR count). The standard InChI is InChI=1S/C13H18N2O/c1-8(2)6-12-11-7-10(9(3)14)4-5-13(11)16-15-12/h4-5,7-9H,6,14H2,1-3H3. The monoisotopic (exact) mass is 218 g/mol. The Bertz CT molecular complexity index is 486. The van der Waals surface area contributed by atoms with E-state index in [9.17, 15) is 0 Å². The lowest BCUT2D eigenvalue weighted by molar-refractivity contribution is 0.439. The van der Waals surface area contributed by atoms with Crippen LogP contribution in [-0.2, 0) is 6.42 Å². The van der Waals surface area contributed by atoms with E-state index in [0.717, 1.165) is 28.6 Å². The van der Waals surface area contributed by atoms with Crippen molar-refractivity contribution in [3.05, 3.63) is 29.5 Å². The van der Waals surface area contributed by atoms with Crippen molar-refractivity contribution >= 4 is 11.0 Å².